The maximum absolute atomic E-state index is 9.44. The normalized spacial score (nSPS) is 16.9. The molecule has 2 aromatic rings. The van der Waals surface area contributed by atoms with Gasteiger partial charge in [-0.05, 0) is 17.5 Å². The van der Waals surface area contributed by atoms with Crippen molar-refractivity contribution in [1.29, 1.82) is 5.26 Å². The molecule has 0 amide bonds. The number of aromatic nitrogens is 2. The highest BCUT2D eigenvalue weighted by Crippen LogP contribution is 2.44. The van der Waals surface area contributed by atoms with Gasteiger partial charge in [-0.3, -0.25) is 5.10 Å². The van der Waals surface area contributed by atoms with Crippen LogP contribution in [0.1, 0.15) is 36.0 Å². The average molecular weight is 315 g/mol. The van der Waals surface area contributed by atoms with Crippen molar-refractivity contribution in [2.24, 2.45) is 5.73 Å². The minimum atomic E-state index is -0.365. The van der Waals surface area contributed by atoms with Crippen LogP contribution in [0.5, 0.6) is 5.88 Å². The van der Waals surface area contributed by atoms with Crippen LogP contribution in [0.3, 0.4) is 0 Å². The van der Waals surface area contributed by atoms with Gasteiger partial charge in [0.25, 0.3) is 0 Å². The van der Waals surface area contributed by atoms with Crippen LogP contribution in [0.15, 0.2) is 35.7 Å². The quantitative estimate of drug-likeness (QED) is 0.910. The van der Waals surface area contributed by atoms with E-state index in [2.05, 4.69) is 35.3 Å². The minimum Gasteiger partial charge on any atom is -0.420 e. The van der Waals surface area contributed by atoms with Crippen LogP contribution in [-0.4, -0.2) is 10.2 Å². The van der Waals surface area contributed by atoms with Crippen LogP contribution in [0.4, 0.5) is 0 Å². The minimum absolute atomic E-state index is 0.0702. The maximum atomic E-state index is 9.44. The number of benzene rings is 1. The molecule has 0 bridgehead atoms. The molecular weight excluding hydrogens is 300 g/mol. The molecule has 2 heterocycles. The Bertz CT molecular complexity index is 770. The molecule has 0 unspecified atom stereocenters. The SMILES string of the molecule is CCCc1ccc([C@@H]2C(C#N)=C(N)Oc3n[nH]c(Cl)c32)cc1. The van der Waals surface area contributed by atoms with Gasteiger partial charge < -0.3 is 10.5 Å². The van der Waals surface area contributed by atoms with Crippen molar-refractivity contribution in [3.05, 3.63) is 57.6 Å². The summed E-state index contributed by atoms with van der Waals surface area (Å²) in [6.45, 7) is 2.14. The van der Waals surface area contributed by atoms with Crippen molar-refractivity contribution in [1.82, 2.24) is 10.2 Å². The van der Waals surface area contributed by atoms with E-state index < -0.39 is 0 Å². The summed E-state index contributed by atoms with van der Waals surface area (Å²) in [5.41, 5.74) is 9.05. The van der Waals surface area contributed by atoms with Crippen molar-refractivity contribution < 1.29 is 4.74 Å². The summed E-state index contributed by atoms with van der Waals surface area (Å²) in [5.74, 6) is 0.0283. The first kappa shape index (κ1) is 14.5. The Morgan fingerprint density at radius 2 is 2.14 bits per heavy atom. The third-order valence-electron chi connectivity index (χ3n) is 3.74. The molecule has 1 atom stereocenters. The highest BCUT2D eigenvalue weighted by molar-refractivity contribution is 6.30. The van der Waals surface area contributed by atoms with Gasteiger partial charge in [0.2, 0.25) is 11.8 Å². The summed E-state index contributed by atoms with van der Waals surface area (Å²) in [4.78, 5) is 0. The van der Waals surface area contributed by atoms with Crippen LogP contribution in [0.2, 0.25) is 5.15 Å². The van der Waals surface area contributed by atoms with Crippen LogP contribution >= 0.6 is 11.6 Å². The molecule has 0 radical (unpaired) electrons. The summed E-state index contributed by atoms with van der Waals surface area (Å²) >= 11 is 6.18. The van der Waals surface area contributed by atoms with E-state index in [1.165, 1.54) is 5.56 Å². The summed E-state index contributed by atoms with van der Waals surface area (Å²) in [6, 6.07) is 10.3. The maximum Gasteiger partial charge on any atom is 0.245 e. The Kier molecular flexibility index (Phi) is 3.78. The second-order valence-corrected chi connectivity index (χ2v) is 5.55. The number of nitriles is 1. The van der Waals surface area contributed by atoms with Gasteiger partial charge in [0.05, 0.1) is 11.5 Å². The van der Waals surface area contributed by atoms with Crippen LogP contribution in [-0.2, 0) is 6.42 Å². The number of ether oxygens (including phenoxy) is 1. The number of aromatic amines is 1. The predicted octanol–water partition coefficient (Wildman–Crippen LogP) is 3.23. The Morgan fingerprint density at radius 3 is 2.77 bits per heavy atom. The number of aryl methyl sites for hydroxylation is 1. The van der Waals surface area contributed by atoms with Crippen LogP contribution in [0.25, 0.3) is 0 Å². The van der Waals surface area contributed by atoms with E-state index in [9.17, 15) is 5.26 Å². The summed E-state index contributed by atoms with van der Waals surface area (Å²) in [6.07, 6.45) is 2.11. The number of halogens is 1. The lowest BCUT2D eigenvalue weighted by atomic mass is 9.85. The van der Waals surface area contributed by atoms with Crippen molar-refractivity contribution >= 4 is 11.6 Å². The fourth-order valence-corrected chi connectivity index (χ4v) is 2.94. The second kappa shape index (κ2) is 5.74. The number of hydrogen-bond donors (Lipinski definition) is 2. The Balaban J connectivity index is 2.10. The zero-order valence-electron chi connectivity index (χ0n) is 12.1. The van der Waals surface area contributed by atoms with E-state index in [1.54, 1.807) is 0 Å². The monoisotopic (exact) mass is 314 g/mol. The molecule has 0 spiro atoms. The summed E-state index contributed by atoms with van der Waals surface area (Å²) in [5, 5.41) is 16.5. The Morgan fingerprint density at radius 1 is 1.41 bits per heavy atom. The van der Waals surface area contributed by atoms with Crippen molar-refractivity contribution in [2.75, 3.05) is 0 Å². The lowest BCUT2D eigenvalue weighted by molar-refractivity contribution is 0.379. The zero-order chi connectivity index (χ0) is 15.7. The average Bonchev–Trinajstić information content (AvgIpc) is 2.88. The van der Waals surface area contributed by atoms with Gasteiger partial charge >= 0.3 is 0 Å². The fourth-order valence-electron chi connectivity index (χ4n) is 2.71. The molecule has 3 rings (SSSR count). The fraction of sp³-hybridized carbons (Fsp3) is 0.250. The molecule has 112 valence electrons. The van der Waals surface area contributed by atoms with Gasteiger partial charge in [-0.2, -0.15) is 5.26 Å². The van der Waals surface area contributed by atoms with E-state index in [4.69, 9.17) is 22.1 Å². The van der Waals surface area contributed by atoms with Gasteiger partial charge in [-0.1, -0.05) is 49.2 Å². The number of hydrogen-bond acceptors (Lipinski definition) is 4. The molecule has 1 aromatic carbocycles. The molecule has 0 aliphatic carbocycles. The smallest absolute Gasteiger partial charge is 0.245 e. The van der Waals surface area contributed by atoms with Crippen molar-refractivity contribution in [3.63, 3.8) is 0 Å². The third kappa shape index (κ3) is 2.32. The summed E-state index contributed by atoms with van der Waals surface area (Å²) in [7, 11) is 0. The van der Waals surface area contributed by atoms with E-state index in [0.29, 0.717) is 22.2 Å². The molecule has 3 N–H and O–H groups in total. The van der Waals surface area contributed by atoms with Gasteiger partial charge in [0.1, 0.15) is 16.8 Å². The molecule has 6 heteroatoms. The van der Waals surface area contributed by atoms with E-state index >= 15 is 0 Å². The van der Waals surface area contributed by atoms with Gasteiger partial charge in [0, 0.05) is 0 Å². The van der Waals surface area contributed by atoms with Gasteiger partial charge in [-0.25, -0.2) is 0 Å². The lowest BCUT2D eigenvalue weighted by Gasteiger charge is -2.23. The molecule has 22 heavy (non-hydrogen) atoms. The molecule has 0 fully saturated rings. The van der Waals surface area contributed by atoms with E-state index in [-0.39, 0.29) is 11.8 Å². The first-order chi connectivity index (χ1) is 10.7. The third-order valence-corrected chi connectivity index (χ3v) is 4.03. The highest BCUT2D eigenvalue weighted by atomic mass is 35.5. The standard InChI is InChI=1S/C16H15ClN4O/c1-2-3-9-4-6-10(7-5-9)12-11(8-18)15(19)22-16-13(12)14(17)20-21-16/h4-7,12H,2-3,19H2,1H3,(H,20,21)/t12-/m1/s1. The van der Waals surface area contributed by atoms with Gasteiger partial charge in [0.15, 0.2) is 0 Å². The molecular formula is C16H15ClN4O. The topological polar surface area (TPSA) is 87.7 Å². The lowest BCUT2D eigenvalue weighted by Crippen LogP contribution is -2.20. The van der Waals surface area contributed by atoms with Crippen LogP contribution < -0.4 is 10.5 Å². The zero-order valence-corrected chi connectivity index (χ0v) is 12.8. The molecule has 1 aromatic heterocycles. The van der Waals surface area contributed by atoms with Crippen molar-refractivity contribution in [2.45, 2.75) is 25.7 Å². The Hall–Kier alpha value is -2.45. The number of rotatable bonds is 3. The molecule has 1 aliphatic heterocycles. The predicted molar refractivity (Wildman–Crippen MR) is 83.3 cm³/mol. The summed E-state index contributed by atoms with van der Waals surface area (Å²) < 4.78 is 5.38. The first-order valence-corrected chi connectivity index (χ1v) is 7.43. The number of nitrogens with two attached hydrogens (primary N) is 1. The Labute approximate surface area is 133 Å². The number of nitrogens with one attached hydrogen (secondary N) is 1. The molecule has 5 nitrogen and oxygen atoms in total. The first-order valence-electron chi connectivity index (χ1n) is 7.05. The van der Waals surface area contributed by atoms with Crippen molar-refractivity contribution in [3.8, 4) is 11.9 Å². The second-order valence-electron chi connectivity index (χ2n) is 5.17. The highest BCUT2D eigenvalue weighted by Gasteiger charge is 2.34. The van der Waals surface area contributed by atoms with Crippen LogP contribution in [0, 0.1) is 11.3 Å². The number of H-pyrrole nitrogens is 1. The molecule has 0 saturated heterocycles. The largest absolute Gasteiger partial charge is 0.420 e. The number of fused-ring (bicyclic) bond motifs is 1. The van der Waals surface area contributed by atoms with E-state index in [1.807, 2.05) is 12.1 Å². The van der Waals surface area contributed by atoms with E-state index in [0.717, 1.165) is 18.4 Å². The van der Waals surface area contributed by atoms with Gasteiger partial charge in [-0.15, -0.1) is 5.10 Å². The number of nitrogens with zero attached hydrogens (tertiary/aromatic N) is 2. The molecule has 1 aliphatic rings. The number of allylic oxidation sites excluding steroid dienone is 1. The molecule has 0 saturated carbocycles.